The van der Waals surface area contributed by atoms with Gasteiger partial charge in [-0.3, -0.25) is 4.90 Å². The Morgan fingerprint density at radius 2 is 1.67 bits per heavy atom. The molecule has 122 valence electrons. The van der Waals surface area contributed by atoms with E-state index in [9.17, 15) is 0 Å². The fraction of sp³-hybridized carbons (Fsp3) is 0.286. The van der Waals surface area contributed by atoms with Crippen molar-refractivity contribution in [2.24, 2.45) is 0 Å². The summed E-state index contributed by atoms with van der Waals surface area (Å²) < 4.78 is 1.97. The standard InChI is InChI=1S/C21H23N3/c1-3-8-18(9-4-1)14-21-12-7-13-23(21)16-19-15-22-24(17-19)20-10-5-2-6-11-20/h1-6,8-11,15,17,21H,7,12-14,16H2. The van der Waals surface area contributed by atoms with Crippen LogP contribution in [0.25, 0.3) is 5.69 Å². The molecule has 0 radical (unpaired) electrons. The van der Waals surface area contributed by atoms with Gasteiger partial charge in [0.25, 0.3) is 0 Å². The van der Waals surface area contributed by atoms with E-state index in [1.807, 2.05) is 29.1 Å². The summed E-state index contributed by atoms with van der Waals surface area (Å²) in [4.78, 5) is 2.61. The molecule has 1 atom stereocenters. The third-order valence-electron chi connectivity index (χ3n) is 4.86. The van der Waals surface area contributed by atoms with Gasteiger partial charge in [-0.2, -0.15) is 5.10 Å². The zero-order chi connectivity index (χ0) is 16.2. The summed E-state index contributed by atoms with van der Waals surface area (Å²) in [5.41, 5.74) is 3.85. The molecule has 0 aliphatic carbocycles. The van der Waals surface area contributed by atoms with Gasteiger partial charge in [0.15, 0.2) is 0 Å². The first kappa shape index (κ1) is 15.2. The average Bonchev–Trinajstić information content (AvgIpc) is 3.27. The van der Waals surface area contributed by atoms with E-state index in [1.54, 1.807) is 0 Å². The number of rotatable bonds is 5. The van der Waals surface area contributed by atoms with Crippen molar-refractivity contribution in [3.63, 3.8) is 0 Å². The van der Waals surface area contributed by atoms with Crippen molar-refractivity contribution in [2.75, 3.05) is 6.54 Å². The van der Waals surface area contributed by atoms with Crippen LogP contribution in [0.4, 0.5) is 0 Å². The highest BCUT2D eigenvalue weighted by atomic mass is 15.3. The van der Waals surface area contributed by atoms with E-state index in [0.717, 1.165) is 18.7 Å². The molecule has 1 unspecified atom stereocenters. The predicted molar refractivity (Wildman–Crippen MR) is 97.1 cm³/mol. The van der Waals surface area contributed by atoms with E-state index in [4.69, 9.17) is 0 Å². The zero-order valence-electron chi connectivity index (χ0n) is 13.9. The summed E-state index contributed by atoms with van der Waals surface area (Å²) in [6.07, 6.45) is 7.90. The normalized spacial score (nSPS) is 18.1. The molecule has 3 heteroatoms. The second kappa shape index (κ2) is 7.02. The number of likely N-dealkylation sites (tertiary alicyclic amines) is 1. The molecular weight excluding hydrogens is 294 g/mol. The fourth-order valence-electron chi connectivity index (χ4n) is 3.62. The molecule has 0 N–H and O–H groups in total. The lowest BCUT2D eigenvalue weighted by molar-refractivity contribution is 0.244. The molecule has 0 saturated carbocycles. The largest absolute Gasteiger partial charge is 0.296 e. The molecule has 0 amide bonds. The number of nitrogens with zero attached hydrogens (tertiary/aromatic N) is 3. The van der Waals surface area contributed by atoms with E-state index in [-0.39, 0.29) is 0 Å². The Balaban J connectivity index is 1.44. The van der Waals surface area contributed by atoms with Crippen LogP contribution in [0.3, 0.4) is 0 Å². The maximum atomic E-state index is 4.53. The molecule has 2 heterocycles. The van der Waals surface area contributed by atoms with Gasteiger partial charge in [0.05, 0.1) is 11.9 Å². The summed E-state index contributed by atoms with van der Waals surface area (Å²) in [5, 5.41) is 4.53. The minimum atomic E-state index is 0.646. The lowest BCUT2D eigenvalue weighted by Gasteiger charge is -2.24. The molecule has 0 spiro atoms. The molecule has 24 heavy (non-hydrogen) atoms. The van der Waals surface area contributed by atoms with Crippen LogP contribution >= 0.6 is 0 Å². The van der Waals surface area contributed by atoms with Crippen LogP contribution in [0.2, 0.25) is 0 Å². The Bertz CT molecular complexity index is 764. The molecular formula is C21H23N3. The van der Waals surface area contributed by atoms with Crippen LogP contribution in [-0.2, 0) is 13.0 Å². The Morgan fingerprint density at radius 3 is 2.46 bits per heavy atom. The van der Waals surface area contributed by atoms with Crippen molar-refractivity contribution in [1.82, 2.24) is 14.7 Å². The zero-order valence-corrected chi connectivity index (χ0v) is 13.9. The van der Waals surface area contributed by atoms with Crippen LogP contribution in [-0.4, -0.2) is 27.3 Å². The van der Waals surface area contributed by atoms with E-state index in [2.05, 4.69) is 58.7 Å². The molecule has 3 aromatic rings. The van der Waals surface area contributed by atoms with Crippen LogP contribution in [0, 0.1) is 0 Å². The first-order valence-corrected chi connectivity index (χ1v) is 8.75. The minimum Gasteiger partial charge on any atom is -0.296 e. The molecule has 4 rings (SSSR count). The first-order valence-electron chi connectivity index (χ1n) is 8.75. The minimum absolute atomic E-state index is 0.646. The monoisotopic (exact) mass is 317 g/mol. The van der Waals surface area contributed by atoms with Gasteiger partial charge in [-0.1, -0.05) is 48.5 Å². The average molecular weight is 317 g/mol. The van der Waals surface area contributed by atoms with E-state index >= 15 is 0 Å². The van der Waals surface area contributed by atoms with Gasteiger partial charge in [-0.05, 0) is 43.5 Å². The van der Waals surface area contributed by atoms with Crippen molar-refractivity contribution >= 4 is 0 Å². The number of benzene rings is 2. The first-order chi connectivity index (χ1) is 11.9. The number of hydrogen-bond acceptors (Lipinski definition) is 2. The smallest absolute Gasteiger partial charge is 0.0645 e. The van der Waals surface area contributed by atoms with E-state index < -0.39 is 0 Å². The number of aromatic nitrogens is 2. The van der Waals surface area contributed by atoms with Gasteiger partial charge in [-0.25, -0.2) is 4.68 Å². The summed E-state index contributed by atoms with van der Waals surface area (Å²) in [5.74, 6) is 0. The summed E-state index contributed by atoms with van der Waals surface area (Å²) in [6.45, 7) is 2.18. The fourth-order valence-corrected chi connectivity index (χ4v) is 3.62. The number of hydrogen-bond donors (Lipinski definition) is 0. The van der Waals surface area contributed by atoms with E-state index in [1.165, 1.54) is 30.5 Å². The molecule has 1 aromatic heterocycles. The number of para-hydroxylation sites is 1. The highest BCUT2D eigenvalue weighted by Gasteiger charge is 2.24. The molecule has 1 saturated heterocycles. The lowest BCUT2D eigenvalue weighted by Crippen LogP contribution is -2.30. The van der Waals surface area contributed by atoms with Crippen molar-refractivity contribution in [3.8, 4) is 5.69 Å². The highest BCUT2D eigenvalue weighted by Crippen LogP contribution is 2.23. The Kier molecular flexibility index (Phi) is 4.43. The molecule has 0 bridgehead atoms. The predicted octanol–water partition coefficient (Wildman–Crippen LogP) is 4.08. The quantitative estimate of drug-likeness (QED) is 0.707. The Labute approximate surface area is 143 Å². The molecule has 1 aliphatic heterocycles. The summed E-state index contributed by atoms with van der Waals surface area (Å²) >= 11 is 0. The van der Waals surface area contributed by atoms with Crippen molar-refractivity contribution in [1.29, 1.82) is 0 Å². The van der Waals surface area contributed by atoms with Gasteiger partial charge in [0.1, 0.15) is 0 Å². The molecule has 3 nitrogen and oxygen atoms in total. The van der Waals surface area contributed by atoms with Gasteiger partial charge in [0.2, 0.25) is 0 Å². The van der Waals surface area contributed by atoms with Gasteiger partial charge in [-0.15, -0.1) is 0 Å². The van der Waals surface area contributed by atoms with Crippen molar-refractivity contribution in [2.45, 2.75) is 31.8 Å². The maximum Gasteiger partial charge on any atom is 0.0645 e. The second-order valence-corrected chi connectivity index (χ2v) is 6.58. The van der Waals surface area contributed by atoms with Gasteiger partial charge < -0.3 is 0 Å². The summed E-state index contributed by atoms with van der Waals surface area (Å²) in [7, 11) is 0. The topological polar surface area (TPSA) is 21.1 Å². The van der Waals surface area contributed by atoms with Crippen LogP contribution in [0.15, 0.2) is 73.1 Å². The van der Waals surface area contributed by atoms with Crippen LogP contribution in [0.5, 0.6) is 0 Å². The SMILES string of the molecule is c1ccc(CC2CCCN2Cc2cnn(-c3ccccc3)c2)cc1. The molecule has 1 aliphatic rings. The van der Waals surface area contributed by atoms with Crippen molar-refractivity contribution < 1.29 is 0 Å². The third kappa shape index (κ3) is 3.41. The second-order valence-electron chi connectivity index (χ2n) is 6.58. The Hall–Kier alpha value is -2.39. The molecule has 2 aromatic carbocycles. The van der Waals surface area contributed by atoms with E-state index in [0.29, 0.717) is 6.04 Å². The molecule has 1 fully saturated rings. The third-order valence-corrected chi connectivity index (χ3v) is 4.86. The van der Waals surface area contributed by atoms with Crippen LogP contribution in [0.1, 0.15) is 24.0 Å². The van der Waals surface area contributed by atoms with Crippen molar-refractivity contribution in [3.05, 3.63) is 84.2 Å². The van der Waals surface area contributed by atoms with Gasteiger partial charge in [0, 0.05) is 24.3 Å². The lowest BCUT2D eigenvalue weighted by atomic mass is 10.0. The highest BCUT2D eigenvalue weighted by molar-refractivity contribution is 5.31. The Morgan fingerprint density at radius 1 is 0.917 bits per heavy atom. The maximum absolute atomic E-state index is 4.53. The van der Waals surface area contributed by atoms with Gasteiger partial charge >= 0.3 is 0 Å². The van der Waals surface area contributed by atoms with Crippen LogP contribution < -0.4 is 0 Å². The summed E-state index contributed by atoms with van der Waals surface area (Å²) in [6, 6.07) is 21.8.